The predicted octanol–water partition coefficient (Wildman–Crippen LogP) is 1.02. The zero-order chi connectivity index (χ0) is 11.4. The summed E-state index contributed by atoms with van der Waals surface area (Å²) in [6.45, 7) is 1.60. The number of ether oxygens (including phenoxy) is 2. The maximum absolute atomic E-state index is 11.1. The molecule has 2 heterocycles. The molecular weight excluding hydrogens is 208 g/mol. The van der Waals surface area contributed by atoms with Gasteiger partial charge in [-0.05, 0) is 12.8 Å². The molecule has 0 amide bonds. The van der Waals surface area contributed by atoms with Gasteiger partial charge >= 0.3 is 5.97 Å². The summed E-state index contributed by atoms with van der Waals surface area (Å²) in [6, 6.07) is 0. The first kappa shape index (κ1) is 11.1. The summed E-state index contributed by atoms with van der Waals surface area (Å²) in [4.78, 5) is 18.4. The fourth-order valence-corrected chi connectivity index (χ4v) is 1.89. The van der Waals surface area contributed by atoms with E-state index in [1.54, 1.807) is 0 Å². The molecule has 5 nitrogen and oxygen atoms in total. The van der Waals surface area contributed by atoms with Gasteiger partial charge < -0.3 is 14.5 Å². The largest absolute Gasteiger partial charge is 0.469 e. The Morgan fingerprint density at radius 1 is 1.62 bits per heavy atom. The number of aromatic nitrogens is 2. The van der Waals surface area contributed by atoms with E-state index in [9.17, 15) is 4.79 Å². The molecule has 1 aliphatic rings. The van der Waals surface area contributed by atoms with Crippen molar-refractivity contribution in [2.75, 3.05) is 20.3 Å². The van der Waals surface area contributed by atoms with Gasteiger partial charge in [-0.1, -0.05) is 0 Å². The average Bonchev–Trinajstić information content (AvgIpc) is 2.78. The summed E-state index contributed by atoms with van der Waals surface area (Å²) in [5, 5.41) is 0. The van der Waals surface area contributed by atoms with E-state index < -0.39 is 0 Å². The topological polar surface area (TPSA) is 64.2 Å². The number of imidazole rings is 1. The van der Waals surface area contributed by atoms with E-state index in [0.717, 1.165) is 31.7 Å². The van der Waals surface area contributed by atoms with Crippen molar-refractivity contribution in [3.8, 4) is 0 Å². The lowest BCUT2D eigenvalue weighted by Gasteiger charge is -2.20. The molecule has 1 aromatic rings. The quantitative estimate of drug-likeness (QED) is 0.778. The van der Waals surface area contributed by atoms with Crippen LogP contribution in [0, 0.1) is 0 Å². The number of hydrogen-bond donors (Lipinski definition) is 1. The van der Waals surface area contributed by atoms with Crippen LogP contribution in [0.15, 0.2) is 6.20 Å². The van der Waals surface area contributed by atoms with Crippen molar-refractivity contribution in [3.63, 3.8) is 0 Å². The molecule has 0 aliphatic carbocycles. The molecule has 0 aromatic carbocycles. The van der Waals surface area contributed by atoms with E-state index in [1.807, 2.05) is 6.20 Å². The number of carbonyl (C=O) groups is 1. The Bertz CT molecular complexity index is 356. The normalized spacial score (nSPS) is 17.3. The fraction of sp³-hybridized carbons (Fsp3) is 0.636. The number of hydrogen-bond acceptors (Lipinski definition) is 4. The standard InChI is InChI=1S/C11H16N2O3/c1-15-11(14)6-10-12-7-9(13-10)8-2-4-16-5-3-8/h7-8H,2-6H2,1H3,(H,12,13). The lowest BCUT2D eigenvalue weighted by molar-refractivity contribution is -0.139. The van der Waals surface area contributed by atoms with Gasteiger partial charge in [-0.2, -0.15) is 0 Å². The Labute approximate surface area is 94.2 Å². The highest BCUT2D eigenvalue weighted by Crippen LogP contribution is 2.25. The van der Waals surface area contributed by atoms with Crippen LogP contribution in [0.5, 0.6) is 0 Å². The number of nitrogens with zero attached hydrogens (tertiary/aromatic N) is 1. The monoisotopic (exact) mass is 224 g/mol. The first-order chi connectivity index (χ1) is 7.79. The maximum atomic E-state index is 11.1. The van der Waals surface area contributed by atoms with Crippen molar-refractivity contribution in [1.82, 2.24) is 9.97 Å². The van der Waals surface area contributed by atoms with Gasteiger partial charge in [0, 0.05) is 31.0 Å². The first-order valence-corrected chi connectivity index (χ1v) is 5.48. The van der Waals surface area contributed by atoms with E-state index in [0.29, 0.717) is 11.7 Å². The first-order valence-electron chi connectivity index (χ1n) is 5.48. The number of rotatable bonds is 3. The molecule has 0 bridgehead atoms. The molecule has 0 saturated carbocycles. The van der Waals surface area contributed by atoms with Crippen LogP contribution in [-0.2, 0) is 20.7 Å². The Morgan fingerprint density at radius 3 is 3.06 bits per heavy atom. The highest BCUT2D eigenvalue weighted by Gasteiger charge is 2.18. The third-order valence-corrected chi connectivity index (χ3v) is 2.85. The molecular formula is C11H16N2O3. The van der Waals surface area contributed by atoms with Gasteiger partial charge in [0.15, 0.2) is 0 Å². The van der Waals surface area contributed by atoms with Crippen molar-refractivity contribution in [2.24, 2.45) is 0 Å². The summed E-state index contributed by atoms with van der Waals surface area (Å²) in [6.07, 6.45) is 4.05. The smallest absolute Gasteiger partial charge is 0.313 e. The van der Waals surface area contributed by atoms with Crippen molar-refractivity contribution < 1.29 is 14.3 Å². The van der Waals surface area contributed by atoms with Gasteiger partial charge in [0.25, 0.3) is 0 Å². The summed E-state index contributed by atoms with van der Waals surface area (Å²) in [5.74, 6) is 0.883. The van der Waals surface area contributed by atoms with Crippen LogP contribution in [0.1, 0.15) is 30.3 Å². The zero-order valence-electron chi connectivity index (χ0n) is 9.36. The number of aromatic amines is 1. The zero-order valence-corrected chi connectivity index (χ0v) is 9.36. The Morgan fingerprint density at radius 2 is 2.38 bits per heavy atom. The Balaban J connectivity index is 1.98. The molecule has 1 N–H and O–H groups in total. The molecule has 2 rings (SSSR count). The molecule has 0 radical (unpaired) electrons. The van der Waals surface area contributed by atoms with E-state index in [1.165, 1.54) is 7.11 Å². The van der Waals surface area contributed by atoms with Gasteiger partial charge in [-0.15, -0.1) is 0 Å². The third-order valence-electron chi connectivity index (χ3n) is 2.85. The van der Waals surface area contributed by atoms with Gasteiger partial charge in [0.05, 0.1) is 7.11 Å². The fourth-order valence-electron chi connectivity index (χ4n) is 1.89. The molecule has 1 aromatic heterocycles. The number of H-pyrrole nitrogens is 1. The van der Waals surface area contributed by atoms with Gasteiger partial charge in [0.2, 0.25) is 0 Å². The molecule has 0 unspecified atom stereocenters. The highest BCUT2D eigenvalue weighted by atomic mass is 16.5. The molecule has 16 heavy (non-hydrogen) atoms. The molecule has 0 atom stereocenters. The predicted molar refractivity (Wildman–Crippen MR) is 57.1 cm³/mol. The SMILES string of the molecule is COC(=O)Cc1ncc(C2CCOCC2)[nH]1. The molecule has 1 fully saturated rings. The molecule has 5 heteroatoms. The minimum Gasteiger partial charge on any atom is -0.469 e. The van der Waals surface area contributed by atoms with E-state index >= 15 is 0 Å². The second-order valence-corrected chi connectivity index (χ2v) is 3.92. The van der Waals surface area contributed by atoms with Crippen molar-refractivity contribution >= 4 is 5.97 Å². The van der Waals surface area contributed by atoms with Crippen LogP contribution in [0.3, 0.4) is 0 Å². The van der Waals surface area contributed by atoms with Crippen LogP contribution < -0.4 is 0 Å². The summed E-state index contributed by atoms with van der Waals surface area (Å²) in [7, 11) is 1.38. The van der Waals surface area contributed by atoms with Crippen LogP contribution >= 0.6 is 0 Å². The van der Waals surface area contributed by atoms with E-state index in [4.69, 9.17) is 4.74 Å². The number of nitrogens with one attached hydrogen (secondary N) is 1. The van der Waals surface area contributed by atoms with Crippen molar-refractivity contribution in [3.05, 3.63) is 17.7 Å². The lowest BCUT2D eigenvalue weighted by Crippen LogP contribution is -2.14. The van der Waals surface area contributed by atoms with Crippen LogP contribution in [0.4, 0.5) is 0 Å². The molecule has 1 saturated heterocycles. The van der Waals surface area contributed by atoms with Crippen LogP contribution in [-0.4, -0.2) is 36.3 Å². The molecule has 1 aliphatic heterocycles. The van der Waals surface area contributed by atoms with Gasteiger partial charge in [-0.25, -0.2) is 4.98 Å². The number of carbonyl (C=O) groups excluding carboxylic acids is 1. The molecule has 88 valence electrons. The lowest BCUT2D eigenvalue weighted by atomic mass is 9.97. The minimum absolute atomic E-state index is 0.208. The third kappa shape index (κ3) is 2.61. The maximum Gasteiger partial charge on any atom is 0.313 e. The Hall–Kier alpha value is -1.36. The number of methoxy groups -OCH3 is 1. The van der Waals surface area contributed by atoms with E-state index in [-0.39, 0.29) is 12.4 Å². The van der Waals surface area contributed by atoms with Crippen LogP contribution in [0.2, 0.25) is 0 Å². The van der Waals surface area contributed by atoms with Crippen molar-refractivity contribution in [1.29, 1.82) is 0 Å². The van der Waals surface area contributed by atoms with Gasteiger partial charge in [0.1, 0.15) is 12.2 Å². The average molecular weight is 224 g/mol. The Kier molecular flexibility index (Phi) is 3.56. The summed E-state index contributed by atoms with van der Waals surface area (Å²) in [5.41, 5.74) is 1.10. The summed E-state index contributed by atoms with van der Waals surface area (Å²) >= 11 is 0. The van der Waals surface area contributed by atoms with Gasteiger partial charge in [-0.3, -0.25) is 4.79 Å². The number of esters is 1. The van der Waals surface area contributed by atoms with E-state index in [2.05, 4.69) is 14.7 Å². The van der Waals surface area contributed by atoms with Crippen LogP contribution in [0.25, 0.3) is 0 Å². The second-order valence-electron chi connectivity index (χ2n) is 3.92. The minimum atomic E-state index is -0.270. The summed E-state index contributed by atoms with van der Waals surface area (Å²) < 4.78 is 9.89. The second kappa shape index (κ2) is 5.12. The van der Waals surface area contributed by atoms with Crippen molar-refractivity contribution in [2.45, 2.75) is 25.2 Å². The highest BCUT2D eigenvalue weighted by molar-refractivity contribution is 5.71. The molecule has 0 spiro atoms.